The third kappa shape index (κ3) is 4.19. The molecule has 2 aliphatic rings. The van der Waals surface area contributed by atoms with Gasteiger partial charge in [-0.15, -0.1) is 0 Å². The Balaban J connectivity index is 2.29. The minimum Gasteiger partial charge on any atom is -0.463 e. The minimum absolute atomic E-state index is 0.00690. The van der Waals surface area contributed by atoms with Gasteiger partial charge in [0.2, 0.25) is 0 Å². The smallest absolute Gasteiger partial charge is 0.416 e. The van der Waals surface area contributed by atoms with Gasteiger partial charge in [0.25, 0.3) is 0 Å². The van der Waals surface area contributed by atoms with Crippen LogP contribution in [0.1, 0.15) is 44.2 Å². The average Bonchev–Trinajstić information content (AvgIpc) is 2.67. The summed E-state index contributed by atoms with van der Waals surface area (Å²) in [4.78, 5) is 12.8. The number of allylic oxidation sites excluding steroid dienone is 3. The van der Waals surface area contributed by atoms with Crippen LogP contribution in [0.3, 0.4) is 0 Å². The highest BCUT2D eigenvalue weighted by atomic mass is 31.2. The molecule has 1 aromatic carbocycles. The summed E-state index contributed by atoms with van der Waals surface area (Å²) in [5.41, 5.74) is -0.549. The van der Waals surface area contributed by atoms with Crippen molar-refractivity contribution in [3.63, 3.8) is 0 Å². The molecule has 0 aromatic heterocycles. The van der Waals surface area contributed by atoms with Gasteiger partial charge in [-0.1, -0.05) is 18.2 Å². The van der Waals surface area contributed by atoms with Crippen molar-refractivity contribution in [1.82, 2.24) is 5.32 Å². The summed E-state index contributed by atoms with van der Waals surface area (Å²) in [5, 5.41) is 2.94. The normalized spacial score (nSPS) is 22.0. The number of carbonyl (C=O) groups is 1. The average molecular weight is 445 g/mol. The summed E-state index contributed by atoms with van der Waals surface area (Å²) in [7, 11) is -3.95. The van der Waals surface area contributed by atoms with Crippen LogP contribution in [0.4, 0.5) is 13.2 Å². The molecule has 0 aliphatic carbocycles. The first-order valence-corrected chi connectivity index (χ1v) is 11.1. The third-order valence-electron chi connectivity index (χ3n) is 4.90. The zero-order valence-electron chi connectivity index (χ0n) is 16.8. The largest absolute Gasteiger partial charge is 0.463 e. The van der Waals surface area contributed by atoms with E-state index in [0.29, 0.717) is 17.8 Å². The maximum absolute atomic E-state index is 13.8. The predicted octanol–water partition coefficient (Wildman–Crippen LogP) is 5.09. The van der Waals surface area contributed by atoms with Crippen molar-refractivity contribution in [2.75, 3.05) is 19.8 Å². The molecule has 0 radical (unpaired) electrons. The molecule has 1 N–H and O–H groups in total. The number of rotatable bonds is 4. The second kappa shape index (κ2) is 8.57. The van der Waals surface area contributed by atoms with Gasteiger partial charge in [0.15, 0.2) is 0 Å². The van der Waals surface area contributed by atoms with E-state index in [4.69, 9.17) is 13.8 Å². The van der Waals surface area contributed by atoms with Crippen LogP contribution in [-0.4, -0.2) is 25.8 Å². The predicted molar refractivity (Wildman–Crippen MR) is 103 cm³/mol. The van der Waals surface area contributed by atoms with E-state index in [1.807, 2.05) is 0 Å². The van der Waals surface area contributed by atoms with Crippen molar-refractivity contribution in [3.8, 4) is 0 Å². The maximum Gasteiger partial charge on any atom is 0.416 e. The van der Waals surface area contributed by atoms with Gasteiger partial charge in [-0.05, 0) is 38.8 Å². The lowest BCUT2D eigenvalue weighted by Gasteiger charge is -2.36. The molecule has 164 valence electrons. The standard InChI is InChI=1S/C20H23F3NO5P/c1-4-27-19(25)16-12(2)24-13(3)18(30(26)28-10-7-11-29-30)17(16)14-8-5-6-9-15(14)20(21,22)23/h5-6,8-9,17,24H,4,7,10-11H2,1-3H3. The summed E-state index contributed by atoms with van der Waals surface area (Å²) in [6.07, 6.45) is -4.18. The molecule has 0 spiro atoms. The number of benzene rings is 1. The Hall–Kier alpha value is -2.09. The highest BCUT2D eigenvalue weighted by Gasteiger charge is 2.48. The molecule has 3 rings (SSSR count). The first-order chi connectivity index (χ1) is 14.1. The fraction of sp³-hybridized carbons (Fsp3) is 0.450. The Kier molecular flexibility index (Phi) is 6.45. The zero-order chi connectivity index (χ0) is 22.1. The van der Waals surface area contributed by atoms with Crippen molar-refractivity contribution in [1.29, 1.82) is 0 Å². The Morgan fingerprint density at radius 3 is 2.43 bits per heavy atom. The Morgan fingerprint density at radius 1 is 1.20 bits per heavy atom. The molecule has 0 amide bonds. The van der Waals surface area contributed by atoms with Gasteiger partial charge in [0.05, 0.1) is 42.2 Å². The van der Waals surface area contributed by atoms with E-state index >= 15 is 0 Å². The van der Waals surface area contributed by atoms with Crippen LogP contribution in [-0.2, 0) is 29.3 Å². The first kappa shape index (κ1) is 22.6. The molecule has 1 fully saturated rings. The summed E-state index contributed by atoms with van der Waals surface area (Å²) in [6.45, 7) is 5.05. The highest BCUT2D eigenvalue weighted by Crippen LogP contribution is 2.65. The number of halogens is 3. The topological polar surface area (TPSA) is 73.9 Å². The number of hydrogen-bond donors (Lipinski definition) is 1. The van der Waals surface area contributed by atoms with Crippen molar-refractivity contribution in [3.05, 3.63) is 57.7 Å². The van der Waals surface area contributed by atoms with E-state index in [-0.39, 0.29) is 36.3 Å². The lowest BCUT2D eigenvalue weighted by molar-refractivity contribution is -0.140. The molecule has 2 heterocycles. The summed E-state index contributed by atoms with van der Waals surface area (Å²) >= 11 is 0. The van der Waals surface area contributed by atoms with Crippen LogP contribution in [0.15, 0.2) is 46.5 Å². The van der Waals surface area contributed by atoms with Crippen LogP contribution < -0.4 is 5.32 Å². The van der Waals surface area contributed by atoms with E-state index in [1.165, 1.54) is 18.2 Å². The molecule has 10 heteroatoms. The molecular formula is C20H23F3NO5P. The van der Waals surface area contributed by atoms with Crippen LogP contribution in [0.5, 0.6) is 0 Å². The molecule has 1 atom stereocenters. The van der Waals surface area contributed by atoms with E-state index in [2.05, 4.69) is 5.32 Å². The van der Waals surface area contributed by atoms with E-state index in [0.717, 1.165) is 6.07 Å². The molecule has 30 heavy (non-hydrogen) atoms. The lowest BCUT2D eigenvalue weighted by Crippen LogP contribution is -2.31. The second-order valence-corrected chi connectivity index (χ2v) is 8.92. The maximum atomic E-state index is 13.8. The van der Waals surface area contributed by atoms with Crippen molar-refractivity contribution in [2.24, 2.45) is 0 Å². The summed E-state index contributed by atoms with van der Waals surface area (Å²) in [5.74, 6) is -2.09. The first-order valence-electron chi connectivity index (χ1n) is 9.51. The van der Waals surface area contributed by atoms with Crippen LogP contribution in [0.2, 0.25) is 0 Å². The Labute approximate surface area is 172 Å². The Morgan fingerprint density at radius 2 is 1.83 bits per heavy atom. The fourth-order valence-electron chi connectivity index (χ4n) is 3.74. The van der Waals surface area contributed by atoms with Gasteiger partial charge < -0.3 is 19.1 Å². The number of nitrogens with one attached hydrogen (secondary N) is 1. The summed E-state index contributed by atoms with van der Waals surface area (Å²) in [6, 6.07) is 4.91. The molecule has 1 aromatic rings. The minimum atomic E-state index is -4.68. The van der Waals surface area contributed by atoms with Crippen molar-refractivity contribution >= 4 is 13.6 Å². The van der Waals surface area contributed by atoms with Crippen LogP contribution in [0.25, 0.3) is 0 Å². The molecule has 1 unspecified atom stereocenters. The van der Waals surface area contributed by atoms with Gasteiger partial charge in [-0.25, -0.2) is 4.79 Å². The molecular weight excluding hydrogens is 422 g/mol. The highest BCUT2D eigenvalue weighted by molar-refractivity contribution is 7.58. The van der Waals surface area contributed by atoms with Gasteiger partial charge >= 0.3 is 19.7 Å². The van der Waals surface area contributed by atoms with Gasteiger partial charge in [-0.2, -0.15) is 13.2 Å². The molecule has 0 bridgehead atoms. The number of alkyl halides is 3. The van der Waals surface area contributed by atoms with E-state index in [9.17, 15) is 22.5 Å². The third-order valence-corrected chi connectivity index (χ3v) is 7.13. The number of hydrogen-bond acceptors (Lipinski definition) is 6. The number of dihydropyridines is 1. The zero-order valence-corrected chi connectivity index (χ0v) is 17.7. The molecule has 2 aliphatic heterocycles. The van der Waals surface area contributed by atoms with Crippen molar-refractivity contribution < 1.29 is 36.3 Å². The second-order valence-electron chi connectivity index (χ2n) is 6.93. The van der Waals surface area contributed by atoms with Gasteiger partial charge in [0.1, 0.15) is 0 Å². The van der Waals surface area contributed by atoms with Crippen LogP contribution in [0, 0.1) is 0 Å². The Bertz CT molecular complexity index is 944. The number of ether oxygens (including phenoxy) is 1. The number of carbonyl (C=O) groups excluding carboxylic acids is 1. The SMILES string of the molecule is CCOC(=O)C1=C(C)NC(C)=C(P2(=O)OCCCO2)C1c1ccccc1C(F)(F)F. The fourth-order valence-corrected chi connectivity index (χ4v) is 5.88. The van der Waals surface area contributed by atoms with Gasteiger partial charge in [0, 0.05) is 11.4 Å². The lowest BCUT2D eigenvalue weighted by atomic mass is 9.84. The van der Waals surface area contributed by atoms with Gasteiger partial charge in [-0.3, -0.25) is 4.57 Å². The van der Waals surface area contributed by atoms with Crippen molar-refractivity contribution in [2.45, 2.75) is 39.3 Å². The quantitative estimate of drug-likeness (QED) is 0.514. The van der Waals surface area contributed by atoms with E-state index < -0.39 is 31.2 Å². The molecule has 6 nitrogen and oxygen atoms in total. The van der Waals surface area contributed by atoms with Crippen LogP contribution >= 0.6 is 7.60 Å². The van der Waals surface area contributed by atoms with E-state index in [1.54, 1.807) is 20.8 Å². The summed E-state index contributed by atoms with van der Waals surface area (Å²) < 4.78 is 71.1. The molecule has 0 saturated carbocycles. The monoisotopic (exact) mass is 445 g/mol. The molecule has 1 saturated heterocycles. The number of esters is 1.